The van der Waals surface area contributed by atoms with Gasteiger partial charge >= 0.3 is 0 Å². The van der Waals surface area contributed by atoms with Gasteiger partial charge in [0, 0.05) is 29.0 Å². The molecule has 0 radical (unpaired) electrons. The molecule has 1 aromatic heterocycles. The van der Waals surface area contributed by atoms with Crippen molar-refractivity contribution in [2.45, 2.75) is 19.5 Å². The molecule has 4 rings (SSSR count). The molecule has 0 saturated carbocycles. The second kappa shape index (κ2) is 8.96. The summed E-state index contributed by atoms with van der Waals surface area (Å²) in [5.41, 5.74) is 2.77. The van der Waals surface area contributed by atoms with Gasteiger partial charge in [-0.05, 0) is 60.0 Å². The zero-order valence-corrected chi connectivity index (χ0v) is 19.2. The first kappa shape index (κ1) is 21.8. The van der Waals surface area contributed by atoms with Crippen LogP contribution in [-0.2, 0) is 16.1 Å². The Morgan fingerprint density at radius 2 is 1.97 bits per heavy atom. The molecule has 0 aliphatic carbocycles. The van der Waals surface area contributed by atoms with Gasteiger partial charge in [0.2, 0.25) is 0 Å². The summed E-state index contributed by atoms with van der Waals surface area (Å²) in [7, 11) is 1.56. The number of aromatic nitrogens is 1. The summed E-state index contributed by atoms with van der Waals surface area (Å²) in [6.07, 6.45) is 3.31. The quantitative estimate of drug-likeness (QED) is 0.314. The summed E-state index contributed by atoms with van der Waals surface area (Å²) < 4.78 is 6.05. The van der Waals surface area contributed by atoms with Gasteiger partial charge in [-0.25, -0.2) is 0 Å². The molecule has 1 saturated heterocycles. The number of benzene rings is 2. The van der Waals surface area contributed by atoms with E-state index in [1.165, 1.54) is 4.90 Å². The number of likely N-dealkylation sites (tertiary alicyclic amines) is 1. The molecule has 1 amide bonds. The predicted molar refractivity (Wildman–Crippen MR) is 124 cm³/mol. The monoisotopic (exact) mass is 492 g/mol. The van der Waals surface area contributed by atoms with Crippen LogP contribution in [0.5, 0.6) is 5.75 Å². The lowest BCUT2D eigenvalue weighted by atomic mass is 9.94. The topological polar surface area (TPSA) is 79.7 Å². The molecule has 3 aromatic rings. The third-order valence-electron chi connectivity index (χ3n) is 5.47. The normalized spacial score (nSPS) is 17.6. The fourth-order valence-electron chi connectivity index (χ4n) is 3.93. The van der Waals surface area contributed by atoms with Gasteiger partial charge in [-0.3, -0.25) is 14.6 Å². The number of carbonyl (C=O) groups is 2. The largest absolute Gasteiger partial charge is 0.507 e. The summed E-state index contributed by atoms with van der Waals surface area (Å²) >= 11 is 3.46. The highest BCUT2D eigenvalue weighted by Gasteiger charge is 2.46. The fourth-order valence-corrected chi connectivity index (χ4v) is 4.35. The molecule has 2 heterocycles. The molecule has 2 aromatic carbocycles. The molecule has 1 aliphatic heterocycles. The summed E-state index contributed by atoms with van der Waals surface area (Å²) in [6, 6.07) is 15.4. The Kier molecular flexibility index (Phi) is 6.10. The Morgan fingerprint density at radius 1 is 1.16 bits per heavy atom. The van der Waals surface area contributed by atoms with Gasteiger partial charge < -0.3 is 14.7 Å². The number of amides is 1. The van der Waals surface area contributed by atoms with Gasteiger partial charge in [-0.2, -0.15) is 0 Å². The molecule has 32 heavy (non-hydrogen) atoms. The minimum absolute atomic E-state index is 0.0604. The predicted octanol–water partition coefficient (Wildman–Crippen LogP) is 4.78. The summed E-state index contributed by atoms with van der Waals surface area (Å²) in [4.78, 5) is 31.8. The number of rotatable bonds is 5. The van der Waals surface area contributed by atoms with Crippen LogP contribution >= 0.6 is 15.9 Å². The zero-order valence-electron chi connectivity index (χ0n) is 17.6. The number of ketones is 1. The standard InChI is InChI=1S/C25H21BrN2O4/c1-15-11-19(32-2)8-9-20(15)23(29)21-22(17-6-3-7-18(26)12-17)28(25(31)24(21)30)14-16-5-4-10-27-13-16/h3-13,22,29H,14H2,1-2H3/b23-21+/t22-/m1/s1. The first-order valence-corrected chi connectivity index (χ1v) is 10.8. The summed E-state index contributed by atoms with van der Waals surface area (Å²) in [5, 5.41) is 11.3. The number of pyridine rings is 1. The van der Waals surface area contributed by atoms with Gasteiger partial charge in [0.1, 0.15) is 11.5 Å². The maximum Gasteiger partial charge on any atom is 0.295 e. The van der Waals surface area contributed by atoms with E-state index >= 15 is 0 Å². The number of methoxy groups -OCH3 is 1. The van der Waals surface area contributed by atoms with Crippen LogP contribution < -0.4 is 4.74 Å². The molecule has 7 heteroatoms. The van der Waals surface area contributed by atoms with Crippen LogP contribution in [-0.4, -0.2) is 33.8 Å². The molecule has 1 fully saturated rings. The van der Waals surface area contributed by atoms with Gasteiger partial charge in [-0.15, -0.1) is 0 Å². The van der Waals surface area contributed by atoms with Crippen molar-refractivity contribution in [1.29, 1.82) is 0 Å². The highest BCUT2D eigenvalue weighted by Crippen LogP contribution is 2.41. The highest BCUT2D eigenvalue weighted by atomic mass is 79.9. The third-order valence-corrected chi connectivity index (χ3v) is 5.96. The van der Waals surface area contributed by atoms with Crippen LogP contribution in [0.2, 0.25) is 0 Å². The number of Topliss-reactive ketones (excluding diaryl/α,β-unsaturated/α-hetero) is 1. The third kappa shape index (κ3) is 4.03. The second-order valence-corrected chi connectivity index (χ2v) is 8.44. The molecule has 1 atom stereocenters. The molecular formula is C25H21BrN2O4. The Labute approximate surface area is 194 Å². The van der Waals surface area contributed by atoms with Crippen molar-refractivity contribution in [3.05, 3.63) is 99.3 Å². The Hall–Kier alpha value is -3.45. The Bertz CT molecular complexity index is 1220. The van der Waals surface area contributed by atoms with Crippen LogP contribution in [0.15, 0.2) is 77.0 Å². The van der Waals surface area contributed by atoms with Gasteiger partial charge in [-0.1, -0.05) is 34.1 Å². The smallest absolute Gasteiger partial charge is 0.295 e. The lowest BCUT2D eigenvalue weighted by Gasteiger charge is -2.25. The van der Waals surface area contributed by atoms with E-state index in [0.717, 1.165) is 21.2 Å². The van der Waals surface area contributed by atoms with Crippen molar-refractivity contribution < 1.29 is 19.4 Å². The SMILES string of the molecule is COc1ccc(/C(O)=C2\C(=O)C(=O)N(Cc3cccnc3)[C@@H]2c2cccc(Br)c2)c(C)c1. The number of nitrogens with zero attached hydrogens (tertiary/aromatic N) is 2. The van der Waals surface area contributed by atoms with Crippen molar-refractivity contribution in [3.8, 4) is 5.75 Å². The van der Waals surface area contributed by atoms with Crippen LogP contribution in [0.25, 0.3) is 5.76 Å². The van der Waals surface area contributed by atoms with E-state index in [2.05, 4.69) is 20.9 Å². The Morgan fingerprint density at radius 3 is 2.62 bits per heavy atom. The molecule has 6 nitrogen and oxygen atoms in total. The number of aryl methyl sites for hydroxylation is 1. The lowest BCUT2D eigenvalue weighted by molar-refractivity contribution is -0.140. The summed E-state index contributed by atoms with van der Waals surface area (Å²) in [6.45, 7) is 2.01. The number of ether oxygens (including phenoxy) is 1. The molecule has 1 N–H and O–H groups in total. The van der Waals surface area contributed by atoms with E-state index in [0.29, 0.717) is 11.3 Å². The Balaban J connectivity index is 1.88. The fraction of sp³-hybridized carbons (Fsp3) is 0.160. The molecule has 0 bridgehead atoms. The first-order valence-electron chi connectivity index (χ1n) is 9.98. The molecule has 162 valence electrons. The summed E-state index contributed by atoms with van der Waals surface area (Å²) in [5.74, 6) is -0.945. The van der Waals surface area contributed by atoms with Crippen LogP contribution in [0, 0.1) is 6.92 Å². The van der Waals surface area contributed by atoms with Gasteiger partial charge in [0.25, 0.3) is 11.7 Å². The number of carbonyl (C=O) groups excluding carboxylic acids is 2. The van der Waals surface area contributed by atoms with Crippen LogP contribution in [0.3, 0.4) is 0 Å². The van der Waals surface area contributed by atoms with Gasteiger partial charge in [0.15, 0.2) is 0 Å². The van der Waals surface area contributed by atoms with Crippen molar-refractivity contribution in [1.82, 2.24) is 9.88 Å². The zero-order chi connectivity index (χ0) is 22.8. The molecule has 0 spiro atoms. The van der Waals surface area contributed by atoms with Crippen molar-refractivity contribution in [2.75, 3.05) is 7.11 Å². The first-order chi connectivity index (χ1) is 15.4. The number of aliphatic hydroxyl groups is 1. The number of aliphatic hydroxyl groups excluding tert-OH is 1. The van der Waals surface area contributed by atoms with Crippen molar-refractivity contribution >= 4 is 33.4 Å². The van der Waals surface area contributed by atoms with Crippen molar-refractivity contribution in [2.24, 2.45) is 0 Å². The lowest BCUT2D eigenvalue weighted by Crippen LogP contribution is -2.29. The van der Waals surface area contributed by atoms with Crippen LogP contribution in [0.1, 0.15) is 28.3 Å². The van der Waals surface area contributed by atoms with E-state index in [1.54, 1.807) is 43.8 Å². The van der Waals surface area contributed by atoms with E-state index in [4.69, 9.17) is 4.74 Å². The maximum atomic E-state index is 13.2. The minimum Gasteiger partial charge on any atom is -0.507 e. The average molecular weight is 493 g/mol. The highest BCUT2D eigenvalue weighted by molar-refractivity contribution is 9.10. The maximum absolute atomic E-state index is 13.2. The second-order valence-electron chi connectivity index (χ2n) is 7.52. The van der Waals surface area contributed by atoms with E-state index in [9.17, 15) is 14.7 Å². The average Bonchev–Trinajstić information content (AvgIpc) is 3.04. The van der Waals surface area contributed by atoms with E-state index in [-0.39, 0.29) is 17.9 Å². The number of hydrogen-bond acceptors (Lipinski definition) is 5. The number of hydrogen-bond donors (Lipinski definition) is 1. The molecule has 1 aliphatic rings. The minimum atomic E-state index is -0.741. The molecule has 0 unspecified atom stereocenters. The number of halogens is 1. The van der Waals surface area contributed by atoms with E-state index < -0.39 is 17.7 Å². The van der Waals surface area contributed by atoms with Crippen molar-refractivity contribution in [3.63, 3.8) is 0 Å². The van der Waals surface area contributed by atoms with E-state index in [1.807, 2.05) is 37.3 Å². The molecular weight excluding hydrogens is 472 g/mol. The van der Waals surface area contributed by atoms with Crippen LogP contribution in [0.4, 0.5) is 0 Å². The van der Waals surface area contributed by atoms with Gasteiger partial charge in [0.05, 0.1) is 18.7 Å².